The monoisotopic (exact) mass is 1060 g/mol. The molecule has 0 aliphatic heterocycles. The van der Waals surface area contributed by atoms with E-state index in [1.54, 1.807) is 0 Å². The predicted octanol–water partition coefficient (Wildman–Crippen LogP) is 21.1. The van der Waals surface area contributed by atoms with Gasteiger partial charge in [-0.3, -0.25) is 0 Å². The third-order valence-corrected chi connectivity index (χ3v) is 20.2. The number of benzene rings is 13. The van der Waals surface area contributed by atoms with Crippen molar-refractivity contribution in [3.05, 3.63) is 322 Å². The van der Waals surface area contributed by atoms with Gasteiger partial charge in [-0.1, -0.05) is 255 Å². The molecule has 0 N–H and O–H groups in total. The molecule has 0 fully saturated rings. The minimum atomic E-state index is 0.861. The Kier molecular flexibility index (Phi) is 9.78. The molecule has 0 unspecified atom stereocenters. The van der Waals surface area contributed by atoms with Gasteiger partial charge in [-0.05, 0) is 239 Å². The first-order valence-electron chi connectivity index (χ1n) is 30.2. The zero-order valence-corrected chi connectivity index (χ0v) is 46.5. The van der Waals surface area contributed by atoms with Crippen LogP contribution in [0.15, 0.2) is 255 Å². The maximum Gasteiger partial charge on any atom is -0.000728 e. The largest absolute Gasteiger partial charge is 0.0619 e. The summed E-state index contributed by atoms with van der Waals surface area (Å²) in [6.45, 7) is 0. The summed E-state index contributed by atoms with van der Waals surface area (Å²) >= 11 is 0. The summed E-state index contributed by atoms with van der Waals surface area (Å²) in [5, 5.41) is 0. The fourth-order valence-electron chi connectivity index (χ4n) is 16.7. The molecule has 84 heavy (non-hydrogen) atoms. The standard InChI is InChI=1S/C84H54/c1-7-25-55-49(19-1)43-73-61(55)31-13-37-67(73)79-80(68-38-14-32-62-56-26-8-2-20-50(56)44-74(62)68)82(70-40-16-34-64-58-28-10-4-22-52(58)46-76(64)70)84(72-42-18-36-66-60-30-12-6-24-54(60)48-78(66)72)83(71-41-17-35-65-59-29-11-5-23-53(59)47-77(65)71)81(79)69-39-15-33-63-57-27-9-3-21-51(57)45-75(63)69/h1-42H,43-48H2. The van der Waals surface area contributed by atoms with Gasteiger partial charge in [0.2, 0.25) is 0 Å². The zero-order chi connectivity index (χ0) is 54.7. The van der Waals surface area contributed by atoms with E-state index >= 15 is 0 Å². The first-order chi connectivity index (χ1) is 41.7. The molecule has 0 spiro atoms. The Balaban J connectivity index is 1.09. The maximum atomic E-state index is 2.52. The van der Waals surface area contributed by atoms with E-state index in [0.29, 0.717) is 0 Å². The third-order valence-electron chi connectivity index (χ3n) is 20.2. The highest BCUT2D eigenvalue weighted by molar-refractivity contribution is 6.19. The van der Waals surface area contributed by atoms with Crippen molar-refractivity contribution in [1.82, 2.24) is 0 Å². The van der Waals surface area contributed by atoms with Crippen LogP contribution in [-0.4, -0.2) is 0 Å². The molecule has 0 nitrogen and oxygen atoms in total. The normalized spacial score (nSPS) is 13.4. The number of hydrogen-bond acceptors (Lipinski definition) is 0. The predicted molar refractivity (Wildman–Crippen MR) is 349 cm³/mol. The van der Waals surface area contributed by atoms with E-state index in [1.165, 1.54) is 200 Å². The second kappa shape index (κ2) is 17.7. The van der Waals surface area contributed by atoms with E-state index in [4.69, 9.17) is 0 Å². The van der Waals surface area contributed by atoms with Crippen LogP contribution < -0.4 is 0 Å². The Morgan fingerprint density at radius 1 is 0.119 bits per heavy atom. The van der Waals surface area contributed by atoms with E-state index in [1.807, 2.05) is 0 Å². The minimum absolute atomic E-state index is 0.861. The Hall–Kier alpha value is -10.1. The second-order valence-electron chi connectivity index (χ2n) is 24.2. The summed E-state index contributed by atoms with van der Waals surface area (Å²) in [5.74, 6) is 0. The summed E-state index contributed by atoms with van der Waals surface area (Å²) in [6.07, 6.45) is 5.17. The van der Waals surface area contributed by atoms with E-state index in [2.05, 4.69) is 255 Å². The lowest BCUT2D eigenvalue weighted by atomic mass is 9.70. The van der Waals surface area contributed by atoms with E-state index in [-0.39, 0.29) is 0 Å². The highest BCUT2D eigenvalue weighted by Crippen LogP contribution is 2.63. The van der Waals surface area contributed by atoms with Crippen molar-refractivity contribution in [2.75, 3.05) is 0 Å². The van der Waals surface area contributed by atoms with Crippen LogP contribution in [0.25, 0.3) is 134 Å². The lowest BCUT2D eigenvalue weighted by molar-refractivity contribution is 1.24. The molecule has 0 saturated heterocycles. The lowest BCUT2D eigenvalue weighted by Gasteiger charge is -2.32. The van der Waals surface area contributed by atoms with E-state index < -0.39 is 0 Å². The van der Waals surface area contributed by atoms with Crippen molar-refractivity contribution in [2.24, 2.45) is 0 Å². The number of hydrogen-bond donors (Lipinski definition) is 0. The van der Waals surface area contributed by atoms with Gasteiger partial charge in [0.25, 0.3) is 0 Å². The van der Waals surface area contributed by atoms with Crippen molar-refractivity contribution in [2.45, 2.75) is 38.5 Å². The SMILES string of the molecule is c1ccc2c(c1)Cc1c-2cccc1-c1c(-c2cccc3c2Cc2ccccc2-3)c(-c2cccc3c2Cc2ccccc2-3)c(-c2cccc3c2Cc2ccccc2-3)c(-c2cccc3c2Cc2ccccc2-3)c1-c1cccc2c1Cc1ccccc1-2. The summed E-state index contributed by atoms with van der Waals surface area (Å²) in [7, 11) is 0. The molecule has 0 bridgehead atoms. The van der Waals surface area contributed by atoms with E-state index in [9.17, 15) is 0 Å². The highest BCUT2D eigenvalue weighted by atomic mass is 14.4. The molecule has 6 aliphatic carbocycles. The van der Waals surface area contributed by atoms with E-state index in [0.717, 1.165) is 38.5 Å². The average molecular weight is 1060 g/mol. The molecule has 0 radical (unpaired) electrons. The van der Waals surface area contributed by atoms with Crippen LogP contribution in [0.3, 0.4) is 0 Å². The number of rotatable bonds is 6. The van der Waals surface area contributed by atoms with Crippen LogP contribution in [0, 0.1) is 0 Å². The summed E-state index contributed by atoms with van der Waals surface area (Å²) < 4.78 is 0. The molecule has 0 atom stereocenters. The van der Waals surface area contributed by atoms with Crippen LogP contribution in [-0.2, 0) is 38.5 Å². The van der Waals surface area contributed by atoms with Crippen molar-refractivity contribution >= 4 is 0 Å². The summed E-state index contributed by atoms with van der Waals surface area (Å²) in [5.41, 5.74) is 48.8. The molecule has 0 heteroatoms. The summed E-state index contributed by atoms with van der Waals surface area (Å²) in [6, 6.07) is 99.0. The van der Waals surface area contributed by atoms with Crippen molar-refractivity contribution in [1.29, 1.82) is 0 Å². The molecule has 13 aromatic carbocycles. The van der Waals surface area contributed by atoms with Gasteiger partial charge in [0.15, 0.2) is 0 Å². The van der Waals surface area contributed by atoms with Crippen molar-refractivity contribution in [3.63, 3.8) is 0 Å². The zero-order valence-electron chi connectivity index (χ0n) is 46.5. The van der Waals surface area contributed by atoms with Gasteiger partial charge in [-0.2, -0.15) is 0 Å². The second-order valence-corrected chi connectivity index (χ2v) is 24.2. The fraction of sp³-hybridized carbons (Fsp3) is 0.0714. The van der Waals surface area contributed by atoms with Crippen LogP contribution in [0.4, 0.5) is 0 Å². The van der Waals surface area contributed by atoms with Crippen molar-refractivity contribution in [3.8, 4) is 134 Å². The van der Waals surface area contributed by atoms with Crippen molar-refractivity contribution < 1.29 is 0 Å². The third kappa shape index (κ3) is 6.49. The molecule has 13 aromatic rings. The van der Waals surface area contributed by atoms with Crippen LogP contribution in [0.2, 0.25) is 0 Å². The molecule has 19 rings (SSSR count). The molecule has 0 heterocycles. The molecule has 0 saturated carbocycles. The molecular weight excluding hydrogens is 1010 g/mol. The van der Waals surface area contributed by atoms with Gasteiger partial charge >= 0.3 is 0 Å². The molecule has 0 aromatic heterocycles. The smallest absolute Gasteiger partial charge is 0.000728 e. The van der Waals surface area contributed by atoms with Gasteiger partial charge in [-0.15, -0.1) is 0 Å². The summed E-state index contributed by atoms with van der Waals surface area (Å²) in [4.78, 5) is 0. The molecule has 390 valence electrons. The molecule has 6 aliphatic rings. The maximum absolute atomic E-state index is 2.52. The van der Waals surface area contributed by atoms with Gasteiger partial charge < -0.3 is 0 Å². The van der Waals surface area contributed by atoms with Gasteiger partial charge in [0.1, 0.15) is 0 Å². The topological polar surface area (TPSA) is 0 Å². The first kappa shape index (κ1) is 46.5. The van der Waals surface area contributed by atoms with Crippen LogP contribution in [0.1, 0.15) is 66.8 Å². The Bertz CT molecular complexity index is 4230. The highest BCUT2D eigenvalue weighted by Gasteiger charge is 2.39. The lowest BCUT2D eigenvalue weighted by Crippen LogP contribution is -2.07. The number of fused-ring (bicyclic) bond motifs is 18. The minimum Gasteiger partial charge on any atom is -0.0619 e. The Morgan fingerprint density at radius 3 is 0.417 bits per heavy atom. The molecule has 0 amide bonds. The average Bonchev–Trinajstić information content (AvgIpc) is 2.82. The molecular formula is C84H54. The van der Waals surface area contributed by atoms with Gasteiger partial charge in [0, 0.05) is 0 Å². The Labute approximate surface area is 490 Å². The quantitative estimate of drug-likeness (QED) is 0.156. The van der Waals surface area contributed by atoms with Gasteiger partial charge in [0.05, 0.1) is 0 Å². The van der Waals surface area contributed by atoms with Crippen LogP contribution in [0.5, 0.6) is 0 Å². The van der Waals surface area contributed by atoms with Crippen LogP contribution >= 0.6 is 0 Å². The van der Waals surface area contributed by atoms with Gasteiger partial charge in [-0.25, -0.2) is 0 Å². The first-order valence-corrected chi connectivity index (χ1v) is 30.2. The Morgan fingerprint density at radius 2 is 0.250 bits per heavy atom. The fourth-order valence-corrected chi connectivity index (χ4v) is 16.7.